The maximum absolute atomic E-state index is 13.7. The summed E-state index contributed by atoms with van der Waals surface area (Å²) in [6, 6.07) is 11.3. The van der Waals surface area contributed by atoms with Crippen LogP contribution in [0.2, 0.25) is 5.02 Å². The lowest BCUT2D eigenvalue weighted by Gasteiger charge is -2.25. The van der Waals surface area contributed by atoms with Crippen LogP contribution < -0.4 is 5.32 Å². The molecule has 0 aromatic heterocycles. The highest BCUT2D eigenvalue weighted by molar-refractivity contribution is 7.98. The van der Waals surface area contributed by atoms with E-state index in [0.29, 0.717) is 52.9 Å². The van der Waals surface area contributed by atoms with Crippen LogP contribution in [0.4, 0.5) is 4.39 Å². The lowest BCUT2D eigenvalue weighted by atomic mass is 10.1. The quantitative estimate of drug-likeness (QED) is 0.534. The van der Waals surface area contributed by atoms with Crippen molar-refractivity contribution in [2.45, 2.75) is 30.8 Å². The number of halogens is 2. The molecule has 1 amide bonds. The minimum absolute atomic E-state index is 0.0514. The van der Waals surface area contributed by atoms with Gasteiger partial charge in [0.05, 0.1) is 5.75 Å². The first kappa shape index (κ1) is 24.0. The third-order valence-electron chi connectivity index (χ3n) is 5.11. The van der Waals surface area contributed by atoms with Gasteiger partial charge in [0.15, 0.2) is 0 Å². The molecule has 1 saturated heterocycles. The molecule has 3 rings (SSSR count). The molecule has 0 saturated carbocycles. The largest absolute Gasteiger partial charge is 0.351 e. The molecule has 5 nitrogen and oxygen atoms in total. The number of nitrogens with zero attached hydrogens (tertiary/aromatic N) is 1. The van der Waals surface area contributed by atoms with Crippen LogP contribution in [0.25, 0.3) is 0 Å². The van der Waals surface area contributed by atoms with Gasteiger partial charge < -0.3 is 5.32 Å². The number of hydrogen-bond acceptors (Lipinski definition) is 4. The average molecular weight is 485 g/mol. The lowest BCUT2D eigenvalue weighted by molar-refractivity contribution is 0.0956. The van der Waals surface area contributed by atoms with Crippen LogP contribution in [0.1, 0.15) is 40.7 Å². The number of sulfonamides is 1. The van der Waals surface area contributed by atoms with E-state index < -0.39 is 10.0 Å². The Morgan fingerprint density at radius 2 is 1.81 bits per heavy atom. The Hall–Kier alpha value is -1.61. The molecule has 0 atom stereocenters. The van der Waals surface area contributed by atoms with Crippen molar-refractivity contribution in [3.05, 3.63) is 70.0 Å². The molecular formula is C22H26ClFN2O3S2. The summed E-state index contributed by atoms with van der Waals surface area (Å²) >= 11 is 7.49. The molecule has 1 N–H and O–H groups in total. The molecule has 1 fully saturated rings. The number of piperidine rings is 1. The number of nitrogens with one attached hydrogen (secondary N) is 1. The molecule has 31 heavy (non-hydrogen) atoms. The van der Waals surface area contributed by atoms with Gasteiger partial charge in [-0.15, -0.1) is 0 Å². The number of hydrogen-bond donors (Lipinski definition) is 1. The zero-order chi connectivity index (χ0) is 22.3. The number of carbonyl (C=O) groups is 1. The zero-order valence-electron chi connectivity index (χ0n) is 17.1. The number of carbonyl (C=O) groups excluding carboxylic acids is 1. The van der Waals surface area contributed by atoms with Crippen molar-refractivity contribution in [1.29, 1.82) is 0 Å². The molecular weight excluding hydrogens is 459 g/mol. The van der Waals surface area contributed by atoms with Crippen LogP contribution in [0, 0.1) is 5.82 Å². The van der Waals surface area contributed by atoms with Crippen molar-refractivity contribution in [2.75, 3.05) is 25.4 Å². The molecule has 168 valence electrons. The predicted octanol–water partition coefficient (Wildman–Crippen LogP) is 4.46. The fourth-order valence-electron chi connectivity index (χ4n) is 3.38. The molecule has 9 heteroatoms. The van der Waals surface area contributed by atoms with E-state index in [1.54, 1.807) is 40.7 Å². The van der Waals surface area contributed by atoms with E-state index in [9.17, 15) is 17.6 Å². The second-order valence-electron chi connectivity index (χ2n) is 7.42. The Bertz CT molecular complexity index is 974. The minimum Gasteiger partial charge on any atom is -0.351 e. The van der Waals surface area contributed by atoms with Crippen LogP contribution in [0.5, 0.6) is 0 Å². The van der Waals surface area contributed by atoms with Gasteiger partial charge in [0.1, 0.15) is 5.82 Å². The van der Waals surface area contributed by atoms with Crippen molar-refractivity contribution >= 4 is 39.3 Å². The fraction of sp³-hybridized carbons (Fsp3) is 0.409. The van der Waals surface area contributed by atoms with Gasteiger partial charge in [-0.25, -0.2) is 17.1 Å². The van der Waals surface area contributed by atoms with Crippen LogP contribution in [0.15, 0.2) is 42.5 Å². The molecule has 0 bridgehead atoms. The first-order valence-corrected chi connectivity index (χ1v) is 13.4. The van der Waals surface area contributed by atoms with Crippen molar-refractivity contribution < 1.29 is 17.6 Å². The SMILES string of the molecule is O=C(NCCSCc1c(F)cccc1Cl)c1ccc(CS(=O)(=O)N2CCCCC2)cc1. The molecule has 0 aliphatic carbocycles. The second-order valence-corrected chi connectivity index (χ2v) is 10.9. The smallest absolute Gasteiger partial charge is 0.251 e. The van der Waals surface area contributed by atoms with Crippen molar-refractivity contribution in [2.24, 2.45) is 0 Å². The highest BCUT2D eigenvalue weighted by Crippen LogP contribution is 2.23. The van der Waals surface area contributed by atoms with Gasteiger partial charge >= 0.3 is 0 Å². The summed E-state index contributed by atoms with van der Waals surface area (Å²) in [5.41, 5.74) is 1.61. The molecule has 0 unspecified atom stereocenters. The van der Waals surface area contributed by atoms with Crippen LogP contribution in [-0.2, 0) is 21.5 Å². The Labute approximate surface area is 192 Å². The normalized spacial score (nSPS) is 15.0. The number of amides is 1. The van der Waals surface area contributed by atoms with E-state index in [1.165, 1.54) is 17.8 Å². The van der Waals surface area contributed by atoms with Gasteiger partial charge in [0.25, 0.3) is 5.91 Å². The number of benzene rings is 2. The minimum atomic E-state index is -3.33. The molecule has 1 heterocycles. The molecule has 1 aliphatic heterocycles. The maximum Gasteiger partial charge on any atom is 0.251 e. The fourth-order valence-corrected chi connectivity index (χ4v) is 6.19. The van der Waals surface area contributed by atoms with E-state index in [-0.39, 0.29) is 17.5 Å². The van der Waals surface area contributed by atoms with E-state index >= 15 is 0 Å². The van der Waals surface area contributed by atoms with E-state index in [4.69, 9.17) is 11.6 Å². The third-order valence-corrected chi connectivity index (χ3v) is 8.30. The average Bonchev–Trinajstić information content (AvgIpc) is 2.76. The predicted molar refractivity (Wildman–Crippen MR) is 124 cm³/mol. The summed E-state index contributed by atoms with van der Waals surface area (Å²) in [6.07, 6.45) is 2.89. The zero-order valence-corrected chi connectivity index (χ0v) is 19.5. The van der Waals surface area contributed by atoms with Crippen molar-refractivity contribution in [3.63, 3.8) is 0 Å². The van der Waals surface area contributed by atoms with Crippen molar-refractivity contribution in [1.82, 2.24) is 9.62 Å². The van der Waals surface area contributed by atoms with E-state index in [0.717, 1.165) is 19.3 Å². The van der Waals surface area contributed by atoms with Crippen LogP contribution in [0.3, 0.4) is 0 Å². The highest BCUT2D eigenvalue weighted by Gasteiger charge is 2.24. The summed E-state index contributed by atoms with van der Waals surface area (Å²) in [5, 5.41) is 3.22. The van der Waals surface area contributed by atoms with Crippen LogP contribution >= 0.6 is 23.4 Å². The Morgan fingerprint density at radius 1 is 1.10 bits per heavy atom. The number of rotatable bonds is 9. The second kappa shape index (κ2) is 11.3. The Morgan fingerprint density at radius 3 is 2.48 bits per heavy atom. The maximum atomic E-state index is 13.7. The van der Waals surface area contributed by atoms with Gasteiger partial charge in [-0.05, 0) is 42.7 Å². The first-order valence-electron chi connectivity index (χ1n) is 10.2. The summed E-state index contributed by atoms with van der Waals surface area (Å²) in [7, 11) is -3.33. The summed E-state index contributed by atoms with van der Waals surface area (Å²) in [6.45, 7) is 1.61. The van der Waals surface area contributed by atoms with Crippen LogP contribution in [-0.4, -0.2) is 44.0 Å². The molecule has 0 spiro atoms. The summed E-state index contributed by atoms with van der Waals surface area (Å²) in [4.78, 5) is 12.3. The van der Waals surface area contributed by atoms with E-state index in [2.05, 4.69) is 5.32 Å². The molecule has 1 aliphatic rings. The first-order chi connectivity index (χ1) is 14.9. The third kappa shape index (κ3) is 6.94. The number of thioether (sulfide) groups is 1. The van der Waals surface area contributed by atoms with E-state index in [1.807, 2.05) is 0 Å². The molecule has 2 aromatic carbocycles. The molecule has 2 aromatic rings. The molecule has 0 radical (unpaired) electrons. The van der Waals surface area contributed by atoms with Crippen molar-refractivity contribution in [3.8, 4) is 0 Å². The van der Waals surface area contributed by atoms with Gasteiger partial charge in [-0.2, -0.15) is 11.8 Å². The highest BCUT2D eigenvalue weighted by atomic mass is 35.5. The van der Waals surface area contributed by atoms with Gasteiger partial charge in [-0.3, -0.25) is 4.79 Å². The Balaban J connectivity index is 1.43. The lowest BCUT2D eigenvalue weighted by Crippen LogP contribution is -2.36. The summed E-state index contributed by atoms with van der Waals surface area (Å²) < 4.78 is 40.4. The van der Waals surface area contributed by atoms with Gasteiger partial charge in [0.2, 0.25) is 10.0 Å². The standard InChI is InChI=1S/C22H26ClFN2O3S2/c23-20-5-4-6-21(24)19(20)15-30-14-11-25-22(27)18-9-7-17(8-10-18)16-31(28,29)26-12-2-1-3-13-26/h4-10H,1-3,11-16H2,(H,25,27). The van der Waals surface area contributed by atoms with Gasteiger partial charge in [-0.1, -0.05) is 36.2 Å². The monoisotopic (exact) mass is 484 g/mol. The Kier molecular flexibility index (Phi) is 8.77. The summed E-state index contributed by atoms with van der Waals surface area (Å²) in [5.74, 6) is 0.440. The van der Waals surface area contributed by atoms with Gasteiger partial charge in [0, 0.05) is 47.3 Å². The topological polar surface area (TPSA) is 66.5 Å².